The SMILES string of the molecule is Cn1c(N)c(/C=N/NC2CCS(=O)(=O)C2)c(=O)n(C)c1=O. The summed E-state index contributed by atoms with van der Waals surface area (Å²) in [5.74, 6) is 0.155. The topological polar surface area (TPSA) is 129 Å². The lowest BCUT2D eigenvalue weighted by molar-refractivity contribution is 0.578. The molecule has 1 fully saturated rings. The van der Waals surface area contributed by atoms with Crippen molar-refractivity contribution >= 4 is 21.9 Å². The van der Waals surface area contributed by atoms with Crippen molar-refractivity contribution in [2.75, 3.05) is 17.2 Å². The van der Waals surface area contributed by atoms with Gasteiger partial charge in [-0.15, -0.1) is 0 Å². The second-order valence-electron chi connectivity index (χ2n) is 4.99. The molecule has 1 aliphatic heterocycles. The second-order valence-corrected chi connectivity index (χ2v) is 7.22. The Morgan fingerprint density at radius 2 is 2.00 bits per heavy atom. The van der Waals surface area contributed by atoms with Crippen LogP contribution in [0.1, 0.15) is 12.0 Å². The molecule has 1 aromatic heterocycles. The summed E-state index contributed by atoms with van der Waals surface area (Å²) in [6.45, 7) is 0. The van der Waals surface area contributed by atoms with Crippen LogP contribution in [0.5, 0.6) is 0 Å². The van der Waals surface area contributed by atoms with Gasteiger partial charge < -0.3 is 11.2 Å². The van der Waals surface area contributed by atoms with Crippen molar-refractivity contribution in [2.45, 2.75) is 12.5 Å². The monoisotopic (exact) mass is 315 g/mol. The number of hydrazone groups is 1. The summed E-state index contributed by atoms with van der Waals surface area (Å²) in [6, 6.07) is -0.274. The number of hydrogen-bond acceptors (Lipinski definition) is 7. The maximum Gasteiger partial charge on any atom is 0.332 e. The van der Waals surface area contributed by atoms with Crippen LogP contribution >= 0.6 is 0 Å². The van der Waals surface area contributed by atoms with Crippen LogP contribution in [0.25, 0.3) is 0 Å². The molecule has 0 amide bonds. The van der Waals surface area contributed by atoms with Crippen LogP contribution in [-0.2, 0) is 23.9 Å². The highest BCUT2D eigenvalue weighted by Crippen LogP contribution is 2.10. The number of rotatable bonds is 3. The molecule has 0 spiro atoms. The van der Waals surface area contributed by atoms with Gasteiger partial charge in [0, 0.05) is 14.1 Å². The maximum atomic E-state index is 11.9. The Morgan fingerprint density at radius 1 is 1.33 bits per heavy atom. The number of nitrogens with zero attached hydrogens (tertiary/aromatic N) is 3. The first-order valence-electron chi connectivity index (χ1n) is 6.27. The summed E-state index contributed by atoms with van der Waals surface area (Å²) < 4.78 is 24.7. The van der Waals surface area contributed by atoms with Crippen LogP contribution in [0.15, 0.2) is 14.7 Å². The Morgan fingerprint density at radius 3 is 2.57 bits per heavy atom. The molecule has 0 bridgehead atoms. The van der Waals surface area contributed by atoms with Crippen molar-refractivity contribution in [3.8, 4) is 0 Å². The lowest BCUT2D eigenvalue weighted by Crippen LogP contribution is -2.40. The van der Waals surface area contributed by atoms with E-state index in [0.29, 0.717) is 6.42 Å². The molecule has 1 aromatic rings. The fraction of sp³-hybridized carbons (Fsp3) is 0.545. The zero-order valence-electron chi connectivity index (χ0n) is 11.7. The molecule has 3 N–H and O–H groups in total. The highest BCUT2D eigenvalue weighted by atomic mass is 32.2. The van der Waals surface area contributed by atoms with Crippen LogP contribution in [0, 0.1) is 0 Å². The molecule has 21 heavy (non-hydrogen) atoms. The highest BCUT2D eigenvalue weighted by molar-refractivity contribution is 7.91. The lowest BCUT2D eigenvalue weighted by atomic mass is 10.3. The number of sulfone groups is 1. The van der Waals surface area contributed by atoms with E-state index in [-0.39, 0.29) is 28.9 Å². The molecular weight excluding hydrogens is 298 g/mol. The first-order valence-corrected chi connectivity index (χ1v) is 8.09. The van der Waals surface area contributed by atoms with Gasteiger partial charge in [-0.05, 0) is 6.42 Å². The molecule has 2 heterocycles. The Bertz CT molecular complexity index is 805. The maximum absolute atomic E-state index is 11.9. The van der Waals surface area contributed by atoms with Crippen molar-refractivity contribution in [3.05, 3.63) is 26.4 Å². The van der Waals surface area contributed by atoms with Gasteiger partial charge in [0.05, 0.1) is 23.8 Å². The summed E-state index contributed by atoms with van der Waals surface area (Å²) in [5.41, 5.74) is 7.42. The number of hydrogen-bond donors (Lipinski definition) is 2. The molecule has 10 heteroatoms. The molecule has 2 rings (SSSR count). The van der Waals surface area contributed by atoms with Gasteiger partial charge in [0.1, 0.15) is 11.4 Å². The minimum atomic E-state index is -3.00. The average Bonchev–Trinajstić information content (AvgIpc) is 2.77. The molecule has 1 aliphatic rings. The zero-order chi connectivity index (χ0) is 15.8. The van der Waals surface area contributed by atoms with E-state index in [1.807, 2.05) is 0 Å². The Labute approximate surface area is 121 Å². The predicted molar refractivity (Wildman–Crippen MR) is 79.1 cm³/mol. The van der Waals surface area contributed by atoms with Gasteiger partial charge in [0.25, 0.3) is 5.56 Å². The summed E-state index contributed by atoms with van der Waals surface area (Å²) in [7, 11) is -0.203. The summed E-state index contributed by atoms with van der Waals surface area (Å²) in [4.78, 5) is 23.6. The van der Waals surface area contributed by atoms with E-state index in [2.05, 4.69) is 10.5 Å². The fourth-order valence-corrected chi connectivity index (χ4v) is 3.78. The summed E-state index contributed by atoms with van der Waals surface area (Å²) in [6.07, 6.45) is 1.68. The molecule has 9 nitrogen and oxygen atoms in total. The number of aromatic nitrogens is 2. The van der Waals surface area contributed by atoms with E-state index in [1.165, 1.54) is 20.3 Å². The van der Waals surface area contributed by atoms with E-state index in [9.17, 15) is 18.0 Å². The quantitative estimate of drug-likeness (QED) is 0.480. The third-order valence-corrected chi connectivity index (χ3v) is 5.20. The third kappa shape index (κ3) is 2.99. The predicted octanol–water partition coefficient (Wildman–Crippen LogP) is -2.22. The minimum absolute atomic E-state index is 0.00712. The van der Waals surface area contributed by atoms with Crippen LogP contribution in [0.4, 0.5) is 5.82 Å². The molecule has 0 saturated carbocycles. The number of anilines is 1. The van der Waals surface area contributed by atoms with E-state index >= 15 is 0 Å². The molecular formula is C11H17N5O4S. The van der Waals surface area contributed by atoms with Gasteiger partial charge in [-0.25, -0.2) is 13.2 Å². The van der Waals surface area contributed by atoms with Crippen molar-refractivity contribution in [1.82, 2.24) is 14.6 Å². The molecule has 0 aromatic carbocycles. The largest absolute Gasteiger partial charge is 0.384 e. The molecule has 1 saturated heterocycles. The molecule has 1 unspecified atom stereocenters. The van der Waals surface area contributed by atoms with Crippen molar-refractivity contribution in [2.24, 2.45) is 19.2 Å². The van der Waals surface area contributed by atoms with Crippen molar-refractivity contribution in [3.63, 3.8) is 0 Å². The van der Waals surface area contributed by atoms with Gasteiger partial charge >= 0.3 is 5.69 Å². The lowest BCUT2D eigenvalue weighted by Gasteiger charge is -2.09. The standard InChI is InChI=1S/C11H17N5O4S/c1-15-9(12)8(10(17)16(2)11(15)18)5-13-14-7-3-4-21(19,20)6-7/h5,7,14H,3-4,6,12H2,1-2H3/b13-5+. The summed E-state index contributed by atoms with van der Waals surface area (Å²) >= 11 is 0. The van der Waals surface area contributed by atoms with Crippen LogP contribution in [-0.4, -0.2) is 41.3 Å². The van der Waals surface area contributed by atoms with E-state index in [1.54, 1.807) is 0 Å². The Hall–Kier alpha value is -2.10. The van der Waals surface area contributed by atoms with Gasteiger partial charge in [0.15, 0.2) is 9.84 Å². The average molecular weight is 315 g/mol. The number of nitrogens with one attached hydrogen (secondary N) is 1. The van der Waals surface area contributed by atoms with Gasteiger partial charge in [-0.3, -0.25) is 13.9 Å². The summed E-state index contributed by atoms with van der Waals surface area (Å²) in [5, 5.41) is 3.87. The highest BCUT2D eigenvalue weighted by Gasteiger charge is 2.27. The smallest absolute Gasteiger partial charge is 0.332 e. The van der Waals surface area contributed by atoms with Crippen molar-refractivity contribution < 1.29 is 8.42 Å². The van der Waals surface area contributed by atoms with Crippen LogP contribution in [0.3, 0.4) is 0 Å². The van der Waals surface area contributed by atoms with Gasteiger partial charge in [-0.2, -0.15) is 5.10 Å². The third-order valence-electron chi connectivity index (χ3n) is 3.43. The Kier molecular flexibility index (Phi) is 3.90. The molecule has 0 radical (unpaired) electrons. The van der Waals surface area contributed by atoms with Gasteiger partial charge in [0.2, 0.25) is 0 Å². The number of nitrogens with two attached hydrogens (primary N) is 1. The number of nitrogen functional groups attached to an aromatic ring is 1. The van der Waals surface area contributed by atoms with E-state index in [0.717, 1.165) is 9.13 Å². The molecule has 116 valence electrons. The Balaban J connectivity index is 2.23. The van der Waals surface area contributed by atoms with E-state index < -0.39 is 21.1 Å². The minimum Gasteiger partial charge on any atom is -0.384 e. The van der Waals surface area contributed by atoms with Crippen LogP contribution in [0.2, 0.25) is 0 Å². The normalized spacial score (nSPS) is 21.0. The first kappa shape index (κ1) is 15.3. The van der Waals surface area contributed by atoms with E-state index in [4.69, 9.17) is 5.73 Å². The zero-order valence-corrected chi connectivity index (χ0v) is 12.6. The van der Waals surface area contributed by atoms with Crippen LogP contribution < -0.4 is 22.4 Å². The fourth-order valence-electron chi connectivity index (χ4n) is 2.11. The second kappa shape index (κ2) is 5.35. The molecule has 1 atom stereocenters. The van der Waals surface area contributed by atoms with Gasteiger partial charge in [-0.1, -0.05) is 0 Å². The first-order chi connectivity index (χ1) is 9.73. The van der Waals surface area contributed by atoms with Crippen molar-refractivity contribution in [1.29, 1.82) is 0 Å². The molecule has 0 aliphatic carbocycles.